The fourth-order valence-corrected chi connectivity index (χ4v) is 4.48. The number of pyridine rings is 1. The molecular weight excluding hydrogens is 474 g/mol. The fraction of sp³-hybridized carbons (Fsp3) is 0.267. The minimum Gasteiger partial charge on any atom is -0.325 e. The standard InChI is InChI=1S/C30H33N7O/c1-22-5-3-7-26(19-28(22)35-30-32-14-12-27(34-30)25-6-4-13-31-20-25)33-29(38)24-10-8-23(9-11-24)21-37-17-15-36(2)16-18-37/h3-6,8-14,19-20H,7,15-18,21H2,1-2H3,(H,33,38)(H,32,34,35). The summed E-state index contributed by atoms with van der Waals surface area (Å²) in [6, 6.07) is 13.6. The SMILES string of the molecule is CC1=C(Nc2nccc(-c3cccnc3)n2)C=C(NC(=O)c2ccc(CN3CCN(C)CC3)cc2)CC=C1. The number of carbonyl (C=O) groups excluding carboxylic acids is 1. The number of benzene rings is 1. The van der Waals surface area contributed by atoms with E-state index in [1.807, 2.05) is 55.5 Å². The normalized spacial score (nSPS) is 16.6. The van der Waals surface area contributed by atoms with Crippen LogP contribution in [0.15, 0.2) is 96.3 Å². The van der Waals surface area contributed by atoms with Crippen molar-refractivity contribution in [2.45, 2.75) is 19.9 Å². The van der Waals surface area contributed by atoms with E-state index in [1.165, 1.54) is 5.56 Å². The van der Waals surface area contributed by atoms with Crippen LogP contribution in [0.2, 0.25) is 0 Å². The van der Waals surface area contributed by atoms with Crippen molar-refractivity contribution in [1.29, 1.82) is 0 Å². The molecule has 0 radical (unpaired) electrons. The van der Waals surface area contributed by atoms with E-state index in [1.54, 1.807) is 18.6 Å². The van der Waals surface area contributed by atoms with Gasteiger partial charge in [0, 0.05) is 80.3 Å². The molecule has 2 N–H and O–H groups in total. The Bertz CT molecular complexity index is 1350. The van der Waals surface area contributed by atoms with Gasteiger partial charge in [0.1, 0.15) is 0 Å². The summed E-state index contributed by atoms with van der Waals surface area (Å²) in [5.41, 5.74) is 6.23. The van der Waals surface area contributed by atoms with Gasteiger partial charge < -0.3 is 15.5 Å². The molecular formula is C30H33N7O. The van der Waals surface area contributed by atoms with Gasteiger partial charge in [-0.3, -0.25) is 14.7 Å². The number of aromatic nitrogens is 3. The second-order valence-corrected chi connectivity index (χ2v) is 9.74. The van der Waals surface area contributed by atoms with E-state index in [4.69, 9.17) is 0 Å². The van der Waals surface area contributed by atoms with Gasteiger partial charge in [0.15, 0.2) is 0 Å². The lowest BCUT2D eigenvalue weighted by Gasteiger charge is -2.32. The first kappa shape index (κ1) is 25.5. The monoisotopic (exact) mass is 507 g/mol. The van der Waals surface area contributed by atoms with Crippen molar-refractivity contribution in [2.24, 2.45) is 0 Å². The zero-order valence-electron chi connectivity index (χ0n) is 21.9. The predicted molar refractivity (Wildman–Crippen MR) is 150 cm³/mol. The van der Waals surface area contributed by atoms with E-state index in [0.717, 1.165) is 60.9 Å². The number of allylic oxidation sites excluding steroid dienone is 4. The molecule has 194 valence electrons. The topological polar surface area (TPSA) is 86.3 Å². The minimum atomic E-state index is -0.121. The Labute approximate surface area is 223 Å². The molecule has 8 nitrogen and oxygen atoms in total. The van der Waals surface area contributed by atoms with Gasteiger partial charge >= 0.3 is 0 Å². The Morgan fingerprint density at radius 3 is 2.61 bits per heavy atom. The fourth-order valence-electron chi connectivity index (χ4n) is 4.48. The molecule has 2 aromatic heterocycles. The molecule has 3 aromatic rings. The average molecular weight is 508 g/mol. The highest BCUT2D eigenvalue weighted by Gasteiger charge is 2.15. The quantitative estimate of drug-likeness (QED) is 0.495. The largest absolute Gasteiger partial charge is 0.325 e. The van der Waals surface area contributed by atoms with Crippen LogP contribution in [0.5, 0.6) is 0 Å². The maximum absolute atomic E-state index is 13.1. The van der Waals surface area contributed by atoms with Gasteiger partial charge in [-0.15, -0.1) is 0 Å². The number of rotatable bonds is 7. The summed E-state index contributed by atoms with van der Waals surface area (Å²) in [5, 5.41) is 6.41. The van der Waals surface area contributed by atoms with Gasteiger partial charge in [-0.1, -0.05) is 24.3 Å². The Kier molecular flexibility index (Phi) is 8.01. The number of anilines is 1. The second-order valence-electron chi connectivity index (χ2n) is 9.74. The van der Waals surface area contributed by atoms with Gasteiger partial charge in [0.2, 0.25) is 5.95 Å². The molecule has 38 heavy (non-hydrogen) atoms. The van der Waals surface area contributed by atoms with Crippen LogP contribution < -0.4 is 10.6 Å². The summed E-state index contributed by atoms with van der Waals surface area (Å²) in [5.74, 6) is 0.360. The molecule has 1 amide bonds. The third kappa shape index (κ3) is 6.59. The van der Waals surface area contributed by atoms with Gasteiger partial charge in [-0.25, -0.2) is 9.97 Å². The zero-order chi connectivity index (χ0) is 26.3. The number of nitrogens with zero attached hydrogens (tertiary/aromatic N) is 5. The average Bonchev–Trinajstić information content (AvgIpc) is 3.11. The van der Waals surface area contributed by atoms with Crippen molar-refractivity contribution in [3.8, 4) is 11.3 Å². The van der Waals surface area contributed by atoms with E-state index in [2.05, 4.69) is 54.6 Å². The van der Waals surface area contributed by atoms with Gasteiger partial charge in [0.05, 0.1) is 5.69 Å². The minimum absolute atomic E-state index is 0.121. The Balaban J connectivity index is 1.25. The molecule has 0 spiro atoms. The molecule has 1 aromatic carbocycles. The Hall–Kier alpha value is -4.14. The molecule has 1 aliphatic carbocycles. The van der Waals surface area contributed by atoms with Crippen LogP contribution in [0.4, 0.5) is 5.95 Å². The first-order chi connectivity index (χ1) is 18.5. The number of likely N-dealkylation sites (N-methyl/N-ethyl adjacent to an activating group) is 1. The van der Waals surface area contributed by atoms with Gasteiger partial charge in [0.25, 0.3) is 5.91 Å². The maximum Gasteiger partial charge on any atom is 0.255 e. The van der Waals surface area contributed by atoms with E-state index in [-0.39, 0.29) is 5.91 Å². The smallest absolute Gasteiger partial charge is 0.255 e. The number of amides is 1. The molecule has 0 atom stereocenters. The van der Waals surface area contributed by atoms with Gasteiger partial charge in [-0.05, 0) is 61.5 Å². The molecule has 8 heteroatoms. The van der Waals surface area contributed by atoms with Crippen LogP contribution >= 0.6 is 0 Å². The Morgan fingerprint density at radius 2 is 1.84 bits per heavy atom. The highest BCUT2D eigenvalue weighted by atomic mass is 16.1. The molecule has 1 aliphatic heterocycles. The van der Waals surface area contributed by atoms with Crippen LogP contribution in [0.1, 0.15) is 29.3 Å². The summed E-state index contributed by atoms with van der Waals surface area (Å²) in [6.07, 6.45) is 11.9. The third-order valence-corrected chi connectivity index (χ3v) is 6.80. The molecule has 2 aliphatic rings. The molecule has 1 fully saturated rings. The molecule has 0 unspecified atom stereocenters. The lowest BCUT2D eigenvalue weighted by atomic mass is 10.1. The first-order valence-electron chi connectivity index (χ1n) is 12.9. The van der Waals surface area contributed by atoms with E-state index in [0.29, 0.717) is 17.9 Å². The van der Waals surface area contributed by atoms with Gasteiger partial charge in [-0.2, -0.15) is 0 Å². The van der Waals surface area contributed by atoms with E-state index >= 15 is 0 Å². The van der Waals surface area contributed by atoms with Crippen LogP contribution in [-0.2, 0) is 6.54 Å². The summed E-state index contributed by atoms with van der Waals surface area (Å²) in [7, 11) is 2.16. The van der Waals surface area contributed by atoms with Crippen molar-refractivity contribution in [1.82, 2.24) is 30.1 Å². The van der Waals surface area contributed by atoms with Crippen LogP contribution in [0, 0.1) is 0 Å². The second kappa shape index (κ2) is 11.9. The molecule has 3 heterocycles. The highest BCUT2D eigenvalue weighted by molar-refractivity contribution is 5.95. The lowest BCUT2D eigenvalue weighted by Crippen LogP contribution is -2.43. The molecule has 0 bridgehead atoms. The number of nitrogens with one attached hydrogen (secondary N) is 2. The number of hydrogen-bond acceptors (Lipinski definition) is 7. The van der Waals surface area contributed by atoms with Crippen molar-refractivity contribution in [3.63, 3.8) is 0 Å². The number of carbonyl (C=O) groups is 1. The van der Waals surface area contributed by atoms with Crippen molar-refractivity contribution in [2.75, 3.05) is 38.5 Å². The summed E-state index contributed by atoms with van der Waals surface area (Å²) < 4.78 is 0. The number of piperazine rings is 1. The van der Waals surface area contributed by atoms with Crippen LogP contribution in [0.25, 0.3) is 11.3 Å². The number of hydrogen-bond donors (Lipinski definition) is 2. The zero-order valence-corrected chi connectivity index (χ0v) is 21.9. The summed E-state index contributed by atoms with van der Waals surface area (Å²) in [4.78, 5) is 31.1. The van der Waals surface area contributed by atoms with Crippen molar-refractivity contribution >= 4 is 11.9 Å². The van der Waals surface area contributed by atoms with E-state index in [9.17, 15) is 4.79 Å². The summed E-state index contributed by atoms with van der Waals surface area (Å²) >= 11 is 0. The van der Waals surface area contributed by atoms with Crippen LogP contribution in [0.3, 0.4) is 0 Å². The van der Waals surface area contributed by atoms with E-state index < -0.39 is 0 Å². The predicted octanol–water partition coefficient (Wildman–Crippen LogP) is 4.25. The summed E-state index contributed by atoms with van der Waals surface area (Å²) in [6.45, 7) is 7.26. The van der Waals surface area contributed by atoms with Crippen LogP contribution in [-0.4, -0.2) is 63.9 Å². The lowest BCUT2D eigenvalue weighted by molar-refractivity contribution is 0.0965. The van der Waals surface area contributed by atoms with Crippen molar-refractivity contribution < 1.29 is 4.79 Å². The maximum atomic E-state index is 13.1. The van der Waals surface area contributed by atoms with Crippen molar-refractivity contribution in [3.05, 3.63) is 107 Å². The molecule has 0 saturated carbocycles. The highest BCUT2D eigenvalue weighted by Crippen LogP contribution is 2.21. The molecule has 1 saturated heterocycles. The Morgan fingerprint density at radius 1 is 1.03 bits per heavy atom. The first-order valence-corrected chi connectivity index (χ1v) is 12.9. The third-order valence-electron chi connectivity index (χ3n) is 6.80. The molecule has 5 rings (SSSR count).